The van der Waals surface area contributed by atoms with E-state index in [1.807, 2.05) is 38.1 Å². The van der Waals surface area contributed by atoms with Crippen molar-refractivity contribution in [2.45, 2.75) is 20.3 Å². The molecule has 0 saturated heterocycles. The molecule has 2 rings (SSSR count). The molecule has 0 aliphatic heterocycles. The predicted molar refractivity (Wildman–Crippen MR) is 112 cm³/mol. The van der Waals surface area contributed by atoms with Crippen molar-refractivity contribution in [1.29, 1.82) is 0 Å². The Morgan fingerprint density at radius 3 is 2.33 bits per heavy atom. The van der Waals surface area contributed by atoms with E-state index in [1.54, 1.807) is 23.1 Å². The number of amides is 2. The summed E-state index contributed by atoms with van der Waals surface area (Å²) in [6, 6.07) is 12.5. The first kappa shape index (κ1) is 21.2. The van der Waals surface area contributed by atoms with Crippen molar-refractivity contribution in [2.75, 3.05) is 30.3 Å². The van der Waals surface area contributed by atoms with Crippen LogP contribution in [0.3, 0.4) is 0 Å². The van der Waals surface area contributed by atoms with E-state index < -0.39 is 0 Å². The fourth-order valence-corrected chi connectivity index (χ4v) is 3.10. The zero-order valence-corrected chi connectivity index (χ0v) is 16.9. The lowest BCUT2D eigenvalue weighted by Crippen LogP contribution is -2.39. The quantitative estimate of drug-likeness (QED) is 0.672. The molecule has 27 heavy (non-hydrogen) atoms. The molecule has 0 atom stereocenters. The first-order valence-electron chi connectivity index (χ1n) is 8.71. The SMILES string of the molecule is CCCN(CC(=O)Nc1cccc(C)c1)CC(=O)Nc1ccc(Cl)cc1Cl. The predicted octanol–water partition coefficient (Wildman–Crippen LogP) is 4.59. The Kier molecular flexibility index (Phi) is 8.10. The van der Waals surface area contributed by atoms with E-state index in [0.29, 0.717) is 22.3 Å². The van der Waals surface area contributed by atoms with Crippen LogP contribution in [0.2, 0.25) is 10.0 Å². The Bertz CT molecular complexity index is 812. The summed E-state index contributed by atoms with van der Waals surface area (Å²) >= 11 is 11.9. The van der Waals surface area contributed by atoms with Crippen LogP contribution in [0.15, 0.2) is 42.5 Å². The summed E-state index contributed by atoms with van der Waals surface area (Å²) in [7, 11) is 0. The van der Waals surface area contributed by atoms with E-state index in [9.17, 15) is 9.59 Å². The van der Waals surface area contributed by atoms with Crippen molar-refractivity contribution < 1.29 is 9.59 Å². The smallest absolute Gasteiger partial charge is 0.238 e. The summed E-state index contributed by atoms with van der Waals surface area (Å²) in [4.78, 5) is 26.5. The third-order valence-electron chi connectivity index (χ3n) is 3.78. The van der Waals surface area contributed by atoms with Crippen molar-refractivity contribution in [1.82, 2.24) is 4.90 Å². The lowest BCUT2D eigenvalue weighted by Gasteiger charge is -2.21. The molecule has 0 spiro atoms. The molecule has 2 amide bonds. The van der Waals surface area contributed by atoms with E-state index in [2.05, 4.69) is 10.6 Å². The van der Waals surface area contributed by atoms with Crippen molar-refractivity contribution in [2.24, 2.45) is 0 Å². The maximum absolute atomic E-state index is 12.3. The minimum Gasteiger partial charge on any atom is -0.325 e. The molecule has 2 aromatic rings. The Balaban J connectivity index is 1.93. The molecule has 2 N–H and O–H groups in total. The van der Waals surface area contributed by atoms with Crippen LogP contribution in [-0.4, -0.2) is 36.3 Å². The molecule has 144 valence electrons. The maximum atomic E-state index is 12.3. The molecule has 0 saturated carbocycles. The summed E-state index contributed by atoms with van der Waals surface area (Å²) in [5.41, 5.74) is 2.30. The van der Waals surface area contributed by atoms with Gasteiger partial charge in [0, 0.05) is 10.7 Å². The van der Waals surface area contributed by atoms with Gasteiger partial charge in [0.05, 0.1) is 23.8 Å². The molecule has 5 nitrogen and oxygen atoms in total. The minimum atomic E-state index is -0.240. The van der Waals surface area contributed by atoms with Gasteiger partial charge in [-0.1, -0.05) is 42.3 Å². The molecule has 0 fully saturated rings. The van der Waals surface area contributed by atoms with Gasteiger partial charge in [0.1, 0.15) is 0 Å². The molecule has 0 unspecified atom stereocenters. The third-order valence-corrected chi connectivity index (χ3v) is 4.33. The van der Waals surface area contributed by atoms with E-state index in [0.717, 1.165) is 17.7 Å². The summed E-state index contributed by atoms with van der Waals surface area (Å²) in [6.07, 6.45) is 0.826. The second-order valence-corrected chi connectivity index (χ2v) is 7.14. The lowest BCUT2D eigenvalue weighted by molar-refractivity contribution is -0.120. The van der Waals surface area contributed by atoms with Crippen molar-refractivity contribution in [3.8, 4) is 0 Å². The van der Waals surface area contributed by atoms with Gasteiger partial charge in [-0.05, 0) is 55.8 Å². The summed E-state index contributed by atoms with van der Waals surface area (Å²) in [5, 5.41) is 6.48. The molecule has 0 bridgehead atoms. The van der Waals surface area contributed by atoms with Gasteiger partial charge in [0.25, 0.3) is 0 Å². The highest BCUT2D eigenvalue weighted by molar-refractivity contribution is 6.36. The van der Waals surface area contributed by atoms with Crippen molar-refractivity contribution in [3.63, 3.8) is 0 Å². The second kappa shape index (κ2) is 10.3. The van der Waals surface area contributed by atoms with Gasteiger partial charge in [-0.3, -0.25) is 14.5 Å². The van der Waals surface area contributed by atoms with Gasteiger partial charge >= 0.3 is 0 Å². The zero-order chi connectivity index (χ0) is 19.8. The lowest BCUT2D eigenvalue weighted by atomic mass is 10.2. The molecule has 0 radical (unpaired) electrons. The van der Waals surface area contributed by atoms with Gasteiger partial charge in [-0.25, -0.2) is 0 Å². The first-order chi connectivity index (χ1) is 12.9. The fourth-order valence-electron chi connectivity index (χ4n) is 2.64. The number of nitrogens with zero attached hydrogens (tertiary/aromatic N) is 1. The molecule has 0 heterocycles. The molecule has 0 aliphatic carbocycles. The molecule has 7 heteroatoms. The van der Waals surface area contributed by atoms with Gasteiger partial charge in [0.2, 0.25) is 11.8 Å². The standard InChI is InChI=1S/C20H23Cl2N3O2/c1-3-9-25(12-19(26)23-16-6-4-5-14(2)10-16)13-20(27)24-18-8-7-15(21)11-17(18)22/h4-8,10-11H,3,9,12-13H2,1-2H3,(H,23,26)(H,24,27). The van der Waals surface area contributed by atoms with Gasteiger partial charge in [0.15, 0.2) is 0 Å². The Hall–Kier alpha value is -2.08. The second-order valence-electron chi connectivity index (χ2n) is 6.30. The number of rotatable bonds is 8. The number of carbonyl (C=O) groups is 2. The Labute approximate surface area is 169 Å². The van der Waals surface area contributed by atoms with Crippen LogP contribution in [0.1, 0.15) is 18.9 Å². The largest absolute Gasteiger partial charge is 0.325 e. The topological polar surface area (TPSA) is 61.4 Å². The first-order valence-corrected chi connectivity index (χ1v) is 9.46. The van der Waals surface area contributed by atoms with E-state index >= 15 is 0 Å². The van der Waals surface area contributed by atoms with Crippen molar-refractivity contribution >= 4 is 46.4 Å². The van der Waals surface area contributed by atoms with Crippen molar-refractivity contribution in [3.05, 3.63) is 58.1 Å². The number of carbonyl (C=O) groups excluding carboxylic acids is 2. The highest BCUT2D eigenvalue weighted by Gasteiger charge is 2.15. The molecule has 2 aromatic carbocycles. The minimum absolute atomic E-state index is 0.0913. The maximum Gasteiger partial charge on any atom is 0.238 e. The van der Waals surface area contributed by atoms with Gasteiger partial charge in [-0.2, -0.15) is 0 Å². The van der Waals surface area contributed by atoms with Crippen LogP contribution in [0.25, 0.3) is 0 Å². The molecule has 0 aliphatic rings. The van der Waals surface area contributed by atoms with Crippen LogP contribution in [-0.2, 0) is 9.59 Å². The monoisotopic (exact) mass is 407 g/mol. The van der Waals surface area contributed by atoms with Crippen LogP contribution in [0, 0.1) is 6.92 Å². The fraction of sp³-hybridized carbons (Fsp3) is 0.300. The van der Waals surface area contributed by atoms with Crippen LogP contribution in [0.4, 0.5) is 11.4 Å². The van der Waals surface area contributed by atoms with Crippen LogP contribution in [0.5, 0.6) is 0 Å². The molecular weight excluding hydrogens is 385 g/mol. The normalized spacial score (nSPS) is 10.7. The Morgan fingerprint density at radius 2 is 1.70 bits per heavy atom. The highest BCUT2D eigenvalue weighted by atomic mass is 35.5. The van der Waals surface area contributed by atoms with E-state index in [4.69, 9.17) is 23.2 Å². The average molecular weight is 408 g/mol. The summed E-state index contributed by atoms with van der Waals surface area (Å²) in [5.74, 6) is -0.401. The number of hydrogen-bond acceptors (Lipinski definition) is 3. The van der Waals surface area contributed by atoms with Crippen LogP contribution >= 0.6 is 23.2 Å². The number of anilines is 2. The molecule has 0 aromatic heterocycles. The number of nitrogens with one attached hydrogen (secondary N) is 2. The van der Waals surface area contributed by atoms with Crippen LogP contribution < -0.4 is 10.6 Å². The summed E-state index contributed by atoms with van der Waals surface area (Å²) < 4.78 is 0. The zero-order valence-electron chi connectivity index (χ0n) is 15.4. The molecular formula is C20H23Cl2N3O2. The number of hydrogen-bond donors (Lipinski definition) is 2. The number of benzene rings is 2. The highest BCUT2D eigenvalue weighted by Crippen LogP contribution is 2.25. The third kappa shape index (κ3) is 7.21. The van der Waals surface area contributed by atoms with Gasteiger partial charge < -0.3 is 10.6 Å². The number of aryl methyl sites for hydroxylation is 1. The average Bonchev–Trinajstić information content (AvgIpc) is 2.57. The number of halogens is 2. The Morgan fingerprint density at radius 1 is 1.00 bits per heavy atom. The summed E-state index contributed by atoms with van der Waals surface area (Å²) in [6.45, 7) is 4.81. The van der Waals surface area contributed by atoms with E-state index in [1.165, 1.54) is 0 Å². The van der Waals surface area contributed by atoms with Gasteiger partial charge in [-0.15, -0.1) is 0 Å². The van der Waals surface area contributed by atoms with E-state index in [-0.39, 0.29) is 24.9 Å².